The van der Waals surface area contributed by atoms with Crippen molar-refractivity contribution in [2.45, 2.75) is 70.3 Å². The van der Waals surface area contributed by atoms with Gasteiger partial charge in [0.1, 0.15) is 19.0 Å². The summed E-state index contributed by atoms with van der Waals surface area (Å²) in [6.45, 7) is 5.97. The van der Waals surface area contributed by atoms with Gasteiger partial charge in [-0.2, -0.15) is 0 Å². The average Bonchev–Trinajstić information content (AvgIpc) is 3.07. The number of methoxy groups -OCH3 is 1. The molecule has 0 aromatic heterocycles. The highest BCUT2D eigenvalue weighted by Crippen LogP contribution is 2.42. The molecule has 2 aromatic carbocycles. The number of nitrogens with one attached hydrogen (secondary N) is 2. The molecule has 3 aliphatic rings. The molecule has 0 radical (unpaired) electrons. The van der Waals surface area contributed by atoms with Crippen molar-refractivity contribution in [1.29, 1.82) is 0 Å². The van der Waals surface area contributed by atoms with Gasteiger partial charge in [0.2, 0.25) is 15.9 Å². The van der Waals surface area contributed by atoms with Gasteiger partial charge in [0.15, 0.2) is 0 Å². The number of carbonyl (C=O) groups is 2. The van der Waals surface area contributed by atoms with Crippen molar-refractivity contribution in [1.82, 2.24) is 10.0 Å². The van der Waals surface area contributed by atoms with Crippen molar-refractivity contribution in [3.05, 3.63) is 70.3 Å². The third-order valence-electron chi connectivity index (χ3n) is 9.99. The zero-order valence-electron chi connectivity index (χ0n) is 28.1. The van der Waals surface area contributed by atoms with Crippen LogP contribution in [0.5, 0.6) is 5.75 Å². The van der Waals surface area contributed by atoms with Gasteiger partial charge < -0.3 is 24.4 Å². The van der Waals surface area contributed by atoms with Crippen LogP contribution in [0.25, 0.3) is 0 Å². The van der Waals surface area contributed by atoms with E-state index in [2.05, 4.69) is 14.9 Å². The lowest BCUT2D eigenvalue weighted by Gasteiger charge is -2.44. The molecule has 2 heterocycles. The minimum atomic E-state index is -3.97. The van der Waals surface area contributed by atoms with Crippen molar-refractivity contribution in [2.75, 3.05) is 44.9 Å². The summed E-state index contributed by atoms with van der Waals surface area (Å²) in [5.41, 5.74) is 3.22. The standard InChI is InChI=1S/C36H48ClN3O7S/c1-24-7-6-9-33(47-23-35(41)38-16-18-45-3)31-14-11-28(31)21-40-17-5-4-8-26-19-30(37)13-10-29(26)22-46-34-15-12-27(20-32(34)40)36(42)39-48(43,44)25(24)2/h6,9-10,12-13,15,19-20,24-25,28,31,33H,4-5,7-8,11,14,16-18,21-23H2,1-3H3,(H,38,41)(H,39,42)/b9-6+/t24-,25+,28-,31+,33-/m0/s1. The minimum Gasteiger partial charge on any atom is -0.487 e. The number of hydrogen-bond acceptors (Lipinski definition) is 8. The van der Waals surface area contributed by atoms with E-state index in [1.54, 1.807) is 32.2 Å². The Hall–Kier alpha value is -3.12. The van der Waals surface area contributed by atoms with Gasteiger partial charge in [0, 0.05) is 37.3 Å². The highest BCUT2D eigenvalue weighted by atomic mass is 35.5. The number of halogens is 1. The maximum atomic E-state index is 13.4. The Bertz CT molecular complexity index is 1580. The van der Waals surface area contributed by atoms with E-state index < -0.39 is 21.2 Å². The van der Waals surface area contributed by atoms with Crippen LogP contribution in [0.15, 0.2) is 48.6 Å². The molecular weight excluding hydrogens is 654 g/mol. The molecule has 262 valence electrons. The van der Waals surface area contributed by atoms with Gasteiger partial charge in [0.25, 0.3) is 5.91 Å². The van der Waals surface area contributed by atoms with Crippen LogP contribution in [0.2, 0.25) is 5.02 Å². The van der Waals surface area contributed by atoms with E-state index in [-0.39, 0.29) is 41.9 Å². The third kappa shape index (κ3) is 9.11. The quantitative estimate of drug-likeness (QED) is 0.308. The number of ether oxygens (including phenoxy) is 3. The van der Waals surface area contributed by atoms with Crippen LogP contribution in [0.3, 0.4) is 0 Å². The number of anilines is 1. The summed E-state index contributed by atoms with van der Waals surface area (Å²) in [6, 6.07) is 11.0. The van der Waals surface area contributed by atoms with Crippen molar-refractivity contribution in [2.24, 2.45) is 17.8 Å². The number of amides is 2. The first-order chi connectivity index (χ1) is 23.1. The molecule has 10 nitrogen and oxygen atoms in total. The summed E-state index contributed by atoms with van der Waals surface area (Å²) < 4.78 is 46.8. The third-order valence-corrected chi connectivity index (χ3v) is 12.1. The summed E-state index contributed by atoms with van der Waals surface area (Å²) in [4.78, 5) is 28.3. The van der Waals surface area contributed by atoms with E-state index in [4.69, 9.17) is 25.8 Å². The number of nitrogens with zero attached hydrogens (tertiary/aromatic N) is 1. The number of fused-ring (bicyclic) bond motifs is 3. The first-order valence-corrected chi connectivity index (χ1v) is 18.9. The summed E-state index contributed by atoms with van der Waals surface area (Å²) >= 11 is 6.34. The van der Waals surface area contributed by atoms with Gasteiger partial charge in [-0.25, -0.2) is 13.1 Å². The smallest absolute Gasteiger partial charge is 0.264 e. The highest BCUT2D eigenvalue weighted by Gasteiger charge is 2.39. The lowest BCUT2D eigenvalue weighted by atomic mass is 9.70. The van der Waals surface area contributed by atoms with Gasteiger partial charge in [-0.1, -0.05) is 36.7 Å². The topological polar surface area (TPSA) is 123 Å². The summed E-state index contributed by atoms with van der Waals surface area (Å²) in [5.74, 6) is -0.0849. The fourth-order valence-electron chi connectivity index (χ4n) is 6.66. The predicted octanol–water partition coefficient (Wildman–Crippen LogP) is 5.28. The fourth-order valence-corrected chi connectivity index (χ4v) is 8.14. The molecule has 0 unspecified atom stereocenters. The fraction of sp³-hybridized carbons (Fsp3) is 0.556. The Labute approximate surface area is 289 Å². The number of rotatable bonds is 6. The second-order valence-electron chi connectivity index (χ2n) is 13.2. The molecule has 2 aliphatic heterocycles. The lowest BCUT2D eigenvalue weighted by Crippen LogP contribution is -2.45. The summed E-state index contributed by atoms with van der Waals surface area (Å²) in [7, 11) is -2.39. The average molecular weight is 702 g/mol. The van der Waals surface area contributed by atoms with Crippen LogP contribution in [0.1, 0.15) is 67.4 Å². The van der Waals surface area contributed by atoms with Gasteiger partial charge >= 0.3 is 0 Å². The normalized spacial score (nSPS) is 26.7. The molecule has 1 aliphatic carbocycles. The molecule has 5 rings (SSSR count). The molecule has 2 bridgehead atoms. The molecule has 12 heteroatoms. The Kier molecular flexibility index (Phi) is 12.4. The van der Waals surface area contributed by atoms with E-state index in [0.717, 1.165) is 55.5 Å². The van der Waals surface area contributed by atoms with Gasteiger partial charge in [-0.05, 0) is 105 Å². The van der Waals surface area contributed by atoms with Crippen LogP contribution in [0.4, 0.5) is 5.69 Å². The number of aryl methyl sites for hydroxylation is 1. The van der Waals surface area contributed by atoms with E-state index in [1.807, 2.05) is 37.3 Å². The number of hydrogen-bond donors (Lipinski definition) is 2. The maximum absolute atomic E-state index is 13.4. The van der Waals surface area contributed by atoms with Crippen LogP contribution >= 0.6 is 11.6 Å². The monoisotopic (exact) mass is 701 g/mol. The Morgan fingerprint density at radius 1 is 1.12 bits per heavy atom. The maximum Gasteiger partial charge on any atom is 0.264 e. The molecule has 2 amide bonds. The van der Waals surface area contributed by atoms with Crippen LogP contribution < -0.4 is 19.7 Å². The molecule has 0 saturated heterocycles. The van der Waals surface area contributed by atoms with Crippen LogP contribution in [-0.4, -0.2) is 71.5 Å². The molecule has 1 saturated carbocycles. The van der Waals surface area contributed by atoms with Gasteiger partial charge in [0.05, 0.1) is 23.6 Å². The minimum absolute atomic E-state index is 0.0807. The zero-order chi connectivity index (χ0) is 34.3. The van der Waals surface area contributed by atoms with Gasteiger partial charge in [-0.3, -0.25) is 9.59 Å². The van der Waals surface area contributed by atoms with Crippen molar-refractivity contribution < 1.29 is 32.2 Å². The second kappa shape index (κ2) is 16.5. The molecule has 2 N–H and O–H groups in total. The van der Waals surface area contributed by atoms with E-state index in [9.17, 15) is 18.0 Å². The van der Waals surface area contributed by atoms with Crippen molar-refractivity contribution >= 4 is 39.1 Å². The molecule has 5 atom stereocenters. The Balaban J connectivity index is 1.48. The Morgan fingerprint density at radius 2 is 1.96 bits per heavy atom. The van der Waals surface area contributed by atoms with Gasteiger partial charge in [-0.15, -0.1) is 0 Å². The van der Waals surface area contributed by atoms with E-state index in [1.165, 1.54) is 0 Å². The lowest BCUT2D eigenvalue weighted by molar-refractivity contribution is -0.129. The molecule has 0 spiro atoms. The highest BCUT2D eigenvalue weighted by molar-refractivity contribution is 7.90. The predicted molar refractivity (Wildman–Crippen MR) is 187 cm³/mol. The van der Waals surface area contributed by atoms with E-state index >= 15 is 0 Å². The molecular formula is C36H48ClN3O7S. The first kappa shape index (κ1) is 36.2. The molecule has 1 fully saturated rings. The SMILES string of the molecule is COCCNC(=O)CO[C@H]1/C=C/C[C@H](C)[C@@H](C)S(=O)(=O)NC(=O)c2ccc3c(c2)N(CCCCc2cc(Cl)ccc2CO3)C[C@@H]2CC[C@H]21. The largest absolute Gasteiger partial charge is 0.487 e. The number of sulfonamides is 1. The van der Waals surface area contributed by atoms with Crippen LogP contribution in [-0.2, 0) is 37.3 Å². The summed E-state index contributed by atoms with van der Waals surface area (Å²) in [6.07, 6.45) is 8.76. The number of allylic oxidation sites excluding steroid dienone is 1. The first-order valence-electron chi connectivity index (χ1n) is 16.9. The second-order valence-corrected chi connectivity index (χ2v) is 15.7. The number of carbonyl (C=O) groups excluding carboxylic acids is 2. The van der Waals surface area contributed by atoms with Crippen LogP contribution in [0, 0.1) is 17.8 Å². The van der Waals surface area contributed by atoms with E-state index in [0.29, 0.717) is 43.5 Å². The number of benzene rings is 2. The van der Waals surface area contributed by atoms with Crippen molar-refractivity contribution in [3.8, 4) is 5.75 Å². The van der Waals surface area contributed by atoms with Crippen molar-refractivity contribution in [3.63, 3.8) is 0 Å². The molecule has 48 heavy (non-hydrogen) atoms. The summed E-state index contributed by atoms with van der Waals surface area (Å²) in [5, 5.41) is 2.69. The molecule has 2 aromatic rings. The zero-order valence-corrected chi connectivity index (χ0v) is 29.7. The Morgan fingerprint density at radius 3 is 2.73 bits per heavy atom.